The average molecular weight is 513 g/mol. The van der Waals surface area contributed by atoms with Crippen LogP contribution in [0.25, 0.3) is 5.65 Å². The fourth-order valence-corrected chi connectivity index (χ4v) is 3.65. The third-order valence-corrected chi connectivity index (χ3v) is 5.72. The maximum atomic E-state index is 12.7. The lowest BCUT2D eigenvalue weighted by Gasteiger charge is -2.26. The Hall–Kier alpha value is -3.54. The first-order valence-corrected chi connectivity index (χ1v) is 11.9. The molecule has 0 saturated carbocycles. The summed E-state index contributed by atoms with van der Waals surface area (Å²) in [6.45, 7) is 5.91. The molecule has 1 aliphatic rings. The Bertz CT molecular complexity index is 1170. The number of rotatable bonds is 9. The zero-order chi connectivity index (χ0) is 25.5. The SMILES string of the molecule is C.CC(C)(N)C(=O)N[C@H](COCc1ccccc1)c1nnc2ccc(COC(=O)N3CCOCC3)cn12. The van der Waals surface area contributed by atoms with Crippen LogP contribution in [0.1, 0.15) is 44.3 Å². The molecule has 11 heteroatoms. The molecule has 3 N–H and O–H groups in total. The van der Waals surface area contributed by atoms with Gasteiger partial charge < -0.3 is 30.2 Å². The first kappa shape index (κ1) is 28.0. The molecule has 0 aliphatic carbocycles. The van der Waals surface area contributed by atoms with E-state index in [2.05, 4.69) is 15.5 Å². The molecule has 1 atom stereocenters. The highest BCUT2D eigenvalue weighted by Crippen LogP contribution is 2.17. The fraction of sp³-hybridized carbons (Fsp3) is 0.462. The minimum Gasteiger partial charge on any atom is -0.444 e. The number of carbonyl (C=O) groups excluding carboxylic acids is 2. The third-order valence-electron chi connectivity index (χ3n) is 5.72. The lowest BCUT2D eigenvalue weighted by atomic mass is 10.1. The first-order valence-electron chi connectivity index (χ1n) is 11.9. The summed E-state index contributed by atoms with van der Waals surface area (Å²) in [5.74, 6) is 0.139. The van der Waals surface area contributed by atoms with Crippen LogP contribution in [0.4, 0.5) is 4.79 Å². The zero-order valence-electron chi connectivity index (χ0n) is 20.6. The van der Waals surface area contributed by atoms with Crippen LogP contribution >= 0.6 is 0 Å². The summed E-state index contributed by atoms with van der Waals surface area (Å²) < 4.78 is 18.4. The molecule has 1 fully saturated rings. The number of amides is 2. The van der Waals surface area contributed by atoms with Crippen molar-refractivity contribution in [3.8, 4) is 0 Å². The zero-order valence-corrected chi connectivity index (χ0v) is 20.6. The van der Waals surface area contributed by atoms with Crippen LogP contribution in [0.3, 0.4) is 0 Å². The monoisotopic (exact) mass is 512 g/mol. The summed E-state index contributed by atoms with van der Waals surface area (Å²) >= 11 is 0. The Morgan fingerprint density at radius 3 is 2.51 bits per heavy atom. The number of hydrogen-bond donors (Lipinski definition) is 2. The number of aromatic nitrogens is 3. The number of morpholine rings is 1. The summed E-state index contributed by atoms with van der Waals surface area (Å²) in [5.41, 5.74) is 7.27. The summed E-state index contributed by atoms with van der Waals surface area (Å²) in [4.78, 5) is 26.7. The van der Waals surface area contributed by atoms with E-state index in [0.717, 1.165) is 11.1 Å². The fourth-order valence-electron chi connectivity index (χ4n) is 3.65. The van der Waals surface area contributed by atoms with E-state index in [1.807, 2.05) is 36.4 Å². The number of nitrogens with two attached hydrogens (primary N) is 1. The number of carbonyl (C=O) groups is 2. The average Bonchev–Trinajstić information content (AvgIpc) is 3.30. The molecule has 0 radical (unpaired) electrons. The number of nitrogens with one attached hydrogen (secondary N) is 1. The van der Waals surface area contributed by atoms with E-state index in [-0.39, 0.29) is 32.6 Å². The van der Waals surface area contributed by atoms with Gasteiger partial charge in [-0.25, -0.2) is 4.79 Å². The molecule has 1 saturated heterocycles. The molecule has 0 bridgehead atoms. The van der Waals surface area contributed by atoms with Crippen molar-refractivity contribution in [1.82, 2.24) is 24.8 Å². The summed E-state index contributed by atoms with van der Waals surface area (Å²) in [5, 5.41) is 11.5. The van der Waals surface area contributed by atoms with Crippen LogP contribution in [0.2, 0.25) is 0 Å². The topological polar surface area (TPSA) is 133 Å². The molecular weight excluding hydrogens is 476 g/mol. The van der Waals surface area contributed by atoms with Crippen LogP contribution in [0, 0.1) is 0 Å². The number of pyridine rings is 1. The number of hydrogen-bond acceptors (Lipinski definition) is 8. The number of benzene rings is 1. The molecule has 200 valence electrons. The lowest BCUT2D eigenvalue weighted by Crippen LogP contribution is -2.50. The first-order chi connectivity index (χ1) is 17.3. The van der Waals surface area contributed by atoms with Gasteiger partial charge in [-0.1, -0.05) is 43.8 Å². The van der Waals surface area contributed by atoms with Gasteiger partial charge in [0.25, 0.3) is 0 Å². The van der Waals surface area contributed by atoms with Gasteiger partial charge in [0.05, 0.1) is 32.0 Å². The third kappa shape index (κ3) is 7.48. The van der Waals surface area contributed by atoms with Crippen LogP contribution in [-0.4, -0.2) is 69.9 Å². The van der Waals surface area contributed by atoms with Crippen molar-refractivity contribution in [3.05, 3.63) is 65.6 Å². The smallest absolute Gasteiger partial charge is 0.410 e. The van der Waals surface area contributed by atoms with E-state index in [4.69, 9.17) is 19.9 Å². The Kier molecular flexibility index (Phi) is 9.56. The molecule has 37 heavy (non-hydrogen) atoms. The molecule has 0 spiro atoms. The van der Waals surface area contributed by atoms with Gasteiger partial charge in [0, 0.05) is 24.8 Å². The van der Waals surface area contributed by atoms with E-state index in [9.17, 15) is 9.59 Å². The van der Waals surface area contributed by atoms with Gasteiger partial charge in [-0.05, 0) is 25.5 Å². The molecule has 2 amide bonds. The van der Waals surface area contributed by atoms with Gasteiger partial charge in [-0.3, -0.25) is 9.20 Å². The van der Waals surface area contributed by atoms with Crippen molar-refractivity contribution in [1.29, 1.82) is 0 Å². The maximum absolute atomic E-state index is 12.7. The highest BCUT2D eigenvalue weighted by molar-refractivity contribution is 5.85. The molecule has 4 rings (SSSR count). The lowest BCUT2D eigenvalue weighted by molar-refractivity contribution is -0.126. The molecular formula is C26H36N6O5. The van der Waals surface area contributed by atoms with Crippen LogP contribution in [0.5, 0.6) is 0 Å². The minimum absolute atomic E-state index is 0. The van der Waals surface area contributed by atoms with E-state index >= 15 is 0 Å². The van der Waals surface area contributed by atoms with Crippen LogP contribution in [-0.2, 0) is 32.2 Å². The molecule has 3 heterocycles. The van der Waals surface area contributed by atoms with E-state index < -0.39 is 11.6 Å². The molecule has 2 aromatic heterocycles. The molecule has 3 aromatic rings. The second-order valence-corrected chi connectivity index (χ2v) is 9.23. The largest absolute Gasteiger partial charge is 0.444 e. The normalized spacial score (nSPS) is 14.6. The highest BCUT2D eigenvalue weighted by Gasteiger charge is 2.28. The second kappa shape index (κ2) is 12.6. The predicted octanol–water partition coefficient (Wildman–Crippen LogP) is 2.45. The van der Waals surface area contributed by atoms with Gasteiger partial charge in [-0.2, -0.15) is 0 Å². The quantitative estimate of drug-likeness (QED) is 0.447. The van der Waals surface area contributed by atoms with E-state index in [1.54, 1.807) is 35.4 Å². The van der Waals surface area contributed by atoms with Crippen molar-refractivity contribution in [2.45, 2.75) is 46.1 Å². The summed E-state index contributed by atoms with van der Waals surface area (Å²) in [6.07, 6.45) is 1.41. The van der Waals surface area contributed by atoms with Gasteiger partial charge in [0.15, 0.2) is 11.5 Å². The Morgan fingerprint density at radius 2 is 1.81 bits per heavy atom. The van der Waals surface area contributed by atoms with Gasteiger partial charge in [0.2, 0.25) is 5.91 Å². The van der Waals surface area contributed by atoms with Crippen molar-refractivity contribution in [2.24, 2.45) is 5.73 Å². The van der Waals surface area contributed by atoms with Crippen molar-refractivity contribution >= 4 is 17.6 Å². The van der Waals surface area contributed by atoms with Gasteiger partial charge >= 0.3 is 6.09 Å². The second-order valence-electron chi connectivity index (χ2n) is 9.23. The molecule has 1 aromatic carbocycles. The molecule has 11 nitrogen and oxygen atoms in total. The van der Waals surface area contributed by atoms with Gasteiger partial charge in [-0.15, -0.1) is 10.2 Å². The number of nitrogens with zero attached hydrogens (tertiary/aromatic N) is 4. The highest BCUT2D eigenvalue weighted by atomic mass is 16.6. The Labute approximate surface area is 216 Å². The Morgan fingerprint density at radius 1 is 1.08 bits per heavy atom. The van der Waals surface area contributed by atoms with Crippen LogP contribution < -0.4 is 11.1 Å². The molecule has 1 aliphatic heterocycles. The predicted molar refractivity (Wildman–Crippen MR) is 138 cm³/mol. The van der Waals surface area contributed by atoms with Gasteiger partial charge in [0.1, 0.15) is 12.6 Å². The Balaban J connectivity index is 0.00000380. The number of fused-ring (bicyclic) bond motifs is 1. The van der Waals surface area contributed by atoms with Crippen molar-refractivity contribution in [3.63, 3.8) is 0 Å². The molecule has 0 unspecified atom stereocenters. The summed E-state index contributed by atoms with van der Waals surface area (Å²) in [6, 6.07) is 12.7. The van der Waals surface area contributed by atoms with E-state index in [0.29, 0.717) is 44.4 Å². The number of ether oxygens (including phenoxy) is 3. The maximum Gasteiger partial charge on any atom is 0.410 e. The van der Waals surface area contributed by atoms with Crippen LogP contribution in [0.15, 0.2) is 48.7 Å². The van der Waals surface area contributed by atoms with E-state index in [1.165, 1.54) is 0 Å². The standard InChI is InChI=1S/C25H32N6O5.CH4/c1-25(2,26)23(32)27-20(17-35-15-18-6-4-3-5-7-18)22-29-28-21-9-8-19(14-31(21)22)16-36-24(33)30-10-12-34-13-11-30;/h3-9,14,20H,10-13,15-17,26H2,1-2H3,(H,27,32);1H4/t20-;/m1./s1. The minimum atomic E-state index is -1.09. The van der Waals surface area contributed by atoms with Crippen molar-refractivity contribution in [2.75, 3.05) is 32.9 Å². The van der Waals surface area contributed by atoms with Crippen molar-refractivity contribution < 1.29 is 23.8 Å². The summed E-state index contributed by atoms with van der Waals surface area (Å²) in [7, 11) is 0.